The van der Waals surface area contributed by atoms with E-state index in [4.69, 9.17) is 0 Å². The lowest BCUT2D eigenvalue weighted by Crippen LogP contribution is -2.68. The minimum absolute atomic E-state index is 0.158. The number of aliphatic hydroxyl groups is 1. The highest BCUT2D eigenvalue weighted by Gasteiger charge is 2.60. The molecule has 13 heavy (non-hydrogen) atoms. The molecule has 0 aliphatic carbocycles. The molecule has 5 heteroatoms. The lowest BCUT2D eigenvalue weighted by molar-refractivity contribution is 0.0270. The zero-order chi connectivity index (χ0) is 9.69. The lowest BCUT2D eigenvalue weighted by atomic mass is 9.91. The minimum atomic E-state index is -3.03. The van der Waals surface area contributed by atoms with Crippen LogP contribution in [0.15, 0.2) is 0 Å². The molecule has 4 nitrogen and oxygen atoms in total. The quantitative estimate of drug-likeness (QED) is 0.611. The summed E-state index contributed by atoms with van der Waals surface area (Å²) in [6.45, 7) is 3.91. The van der Waals surface area contributed by atoms with Crippen LogP contribution in [0, 0.1) is 0 Å². The van der Waals surface area contributed by atoms with Gasteiger partial charge >= 0.3 is 0 Å². The molecule has 1 atom stereocenters. The van der Waals surface area contributed by atoms with Crippen molar-refractivity contribution in [3.8, 4) is 0 Å². The highest BCUT2D eigenvalue weighted by molar-refractivity contribution is 7.93. The van der Waals surface area contributed by atoms with Crippen molar-refractivity contribution in [3.05, 3.63) is 0 Å². The normalized spacial score (nSPS) is 36.3. The van der Waals surface area contributed by atoms with E-state index in [0.29, 0.717) is 19.5 Å². The first-order valence-electron chi connectivity index (χ1n) is 4.64. The van der Waals surface area contributed by atoms with Crippen LogP contribution in [0.5, 0.6) is 0 Å². The van der Waals surface area contributed by atoms with Gasteiger partial charge in [-0.05, 0) is 13.0 Å². The maximum atomic E-state index is 11.7. The van der Waals surface area contributed by atoms with Gasteiger partial charge in [-0.2, -0.15) is 0 Å². The van der Waals surface area contributed by atoms with E-state index in [1.165, 1.54) is 0 Å². The molecule has 0 aromatic carbocycles. The van der Waals surface area contributed by atoms with Gasteiger partial charge < -0.3 is 10.0 Å². The molecule has 2 aliphatic heterocycles. The Morgan fingerprint density at radius 1 is 1.54 bits per heavy atom. The smallest absolute Gasteiger partial charge is 0.161 e. The third-order valence-electron chi connectivity index (χ3n) is 3.32. The van der Waals surface area contributed by atoms with Gasteiger partial charge in [0.05, 0.1) is 11.9 Å². The summed E-state index contributed by atoms with van der Waals surface area (Å²) < 4.78 is 22.5. The van der Waals surface area contributed by atoms with Gasteiger partial charge in [0.25, 0.3) is 0 Å². The van der Waals surface area contributed by atoms with Crippen LogP contribution in [-0.4, -0.2) is 54.7 Å². The molecule has 1 spiro atoms. The summed E-state index contributed by atoms with van der Waals surface area (Å²) in [6, 6.07) is 0. The predicted octanol–water partition coefficient (Wildman–Crippen LogP) is -0.760. The summed E-state index contributed by atoms with van der Waals surface area (Å²) in [5.41, 5.74) is 0. The second kappa shape index (κ2) is 2.68. The SMILES string of the molecule is CCN1CC2(C1)C(O)CCS2(=O)=O. The molecule has 76 valence electrons. The molecular weight excluding hydrogens is 190 g/mol. The molecule has 2 rings (SSSR count). The Bertz CT molecular complexity index is 305. The van der Waals surface area contributed by atoms with E-state index < -0.39 is 20.7 Å². The topological polar surface area (TPSA) is 57.6 Å². The van der Waals surface area contributed by atoms with Crippen molar-refractivity contribution < 1.29 is 13.5 Å². The standard InChI is InChI=1S/C8H15NO3S/c1-2-9-5-8(6-9)7(10)3-4-13(8,11)12/h7,10H,2-6H2,1H3. The van der Waals surface area contributed by atoms with Crippen LogP contribution in [0.3, 0.4) is 0 Å². The molecule has 0 radical (unpaired) electrons. The Hall–Kier alpha value is -0.130. The summed E-state index contributed by atoms with van der Waals surface area (Å²) in [6.07, 6.45) is -0.222. The van der Waals surface area contributed by atoms with E-state index >= 15 is 0 Å². The fourth-order valence-electron chi connectivity index (χ4n) is 2.28. The molecule has 0 aromatic heterocycles. The van der Waals surface area contributed by atoms with Crippen LogP contribution < -0.4 is 0 Å². The molecule has 1 unspecified atom stereocenters. The van der Waals surface area contributed by atoms with Crippen molar-refractivity contribution >= 4 is 9.84 Å². The summed E-state index contributed by atoms with van der Waals surface area (Å²) in [5.74, 6) is 0.158. The van der Waals surface area contributed by atoms with E-state index in [-0.39, 0.29) is 5.75 Å². The van der Waals surface area contributed by atoms with Crippen LogP contribution in [0.2, 0.25) is 0 Å². The number of nitrogens with zero attached hydrogens (tertiary/aromatic N) is 1. The first-order valence-corrected chi connectivity index (χ1v) is 6.30. The number of likely N-dealkylation sites (tertiary alicyclic amines) is 1. The van der Waals surface area contributed by atoms with Crippen molar-refractivity contribution in [2.24, 2.45) is 0 Å². The number of hydrogen-bond acceptors (Lipinski definition) is 4. The van der Waals surface area contributed by atoms with Crippen LogP contribution >= 0.6 is 0 Å². The Morgan fingerprint density at radius 2 is 2.15 bits per heavy atom. The molecule has 0 aromatic rings. The van der Waals surface area contributed by atoms with Crippen molar-refractivity contribution in [2.45, 2.75) is 24.2 Å². The average Bonchev–Trinajstić information content (AvgIpc) is 2.20. The maximum absolute atomic E-state index is 11.7. The highest BCUT2D eigenvalue weighted by atomic mass is 32.2. The van der Waals surface area contributed by atoms with Crippen molar-refractivity contribution in [3.63, 3.8) is 0 Å². The first-order chi connectivity index (χ1) is 6.02. The van der Waals surface area contributed by atoms with E-state index in [2.05, 4.69) is 0 Å². The van der Waals surface area contributed by atoms with Gasteiger partial charge in [0, 0.05) is 13.1 Å². The lowest BCUT2D eigenvalue weighted by Gasteiger charge is -2.48. The molecule has 2 saturated heterocycles. The second-order valence-electron chi connectivity index (χ2n) is 3.99. The predicted molar refractivity (Wildman–Crippen MR) is 49.3 cm³/mol. The Balaban J connectivity index is 2.23. The van der Waals surface area contributed by atoms with E-state index in [0.717, 1.165) is 6.54 Å². The van der Waals surface area contributed by atoms with Gasteiger partial charge in [0.15, 0.2) is 9.84 Å². The van der Waals surface area contributed by atoms with Crippen LogP contribution in [0.4, 0.5) is 0 Å². The second-order valence-corrected chi connectivity index (χ2v) is 6.44. The van der Waals surface area contributed by atoms with Gasteiger partial charge in [-0.15, -0.1) is 0 Å². The van der Waals surface area contributed by atoms with Gasteiger partial charge in [-0.1, -0.05) is 6.92 Å². The minimum Gasteiger partial charge on any atom is -0.391 e. The largest absolute Gasteiger partial charge is 0.391 e. The van der Waals surface area contributed by atoms with Crippen molar-refractivity contribution in [1.82, 2.24) is 4.90 Å². The fraction of sp³-hybridized carbons (Fsp3) is 1.00. The average molecular weight is 205 g/mol. The number of rotatable bonds is 1. The van der Waals surface area contributed by atoms with Gasteiger partial charge in [-0.25, -0.2) is 8.42 Å². The molecule has 2 fully saturated rings. The van der Waals surface area contributed by atoms with E-state index in [1.807, 2.05) is 11.8 Å². The van der Waals surface area contributed by atoms with Crippen LogP contribution in [0.25, 0.3) is 0 Å². The van der Waals surface area contributed by atoms with Gasteiger partial charge in [0.1, 0.15) is 4.75 Å². The summed E-state index contributed by atoms with van der Waals surface area (Å²) in [4.78, 5) is 2.05. The zero-order valence-electron chi connectivity index (χ0n) is 7.73. The Labute approximate surface area is 78.5 Å². The van der Waals surface area contributed by atoms with Crippen LogP contribution in [0.1, 0.15) is 13.3 Å². The number of hydrogen-bond donors (Lipinski definition) is 1. The van der Waals surface area contributed by atoms with Gasteiger partial charge in [-0.3, -0.25) is 0 Å². The molecule has 0 saturated carbocycles. The highest BCUT2D eigenvalue weighted by Crippen LogP contribution is 2.40. The van der Waals surface area contributed by atoms with Crippen LogP contribution in [-0.2, 0) is 9.84 Å². The third-order valence-corrected chi connectivity index (χ3v) is 5.86. The molecular formula is C8H15NO3S. The van der Waals surface area contributed by atoms with E-state index in [9.17, 15) is 13.5 Å². The molecule has 0 bridgehead atoms. The number of sulfone groups is 1. The van der Waals surface area contributed by atoms with Gasteiger partial charge in [0.2, 0.25) is 0 Å². The monoisotopic (exact) mass is 205 g/mol. The third kappa shape index (κ3) is 1.07. The summed E-state index contributed by atoms with van der Waals surface area (Å²) >= 11 is 0. The molecule has 2 heterocycles. The number of aliphatic hydroxyl groups excluding tert-OH is 1. The van der Waals surface area contributed by atoms with Crippen molar-refractivity contribution in [1.29, 1.82) is 0 Å². The Kier molecular flexibility index (Phi) is 1.94. The molecule has 1 N–H and O–H groups in total. The van der Waals surface area contributed by atoms with E-state index in [1.54, 1.807) is 0 Å². The summed E-state index contributed by atoms with van der Waals surface area (Å²) in [7, 11) is -3.03. The maximum Gasteiger partial charge on any atom is 0.161 e. The molecule has 2 aliphatic rings. The molecule has 0 amide bonds. The fourth-order valence-corrected chi connectivity index (χ4v) is 4.51. The zero-order valence-corrected chi connectivity index (χ0v) is 8.55. The summed E-state index contributed by atoms with van der Waals surface area (Å²) in [5, 5.41) is 9.64. The van der Waals surface area contributed by atoms with Crippen molar-refractivity contribution in [2.75, 3.05) is 25.4 Å². The first kappa shape index (κ1) is 9.43. The Morgan fingerprint density at radius 3 is 2.54 bits per heavy atom.